The quantitative estimate of drug-likeness (QED) is 0.648. The van der Waals surface area contributed by atoms with Gasteiger partial charge in [-0.2, -0.15) is 13.2 Å². The monoisotopic (exact) mass is 237 g/mol. The van der Waals surface area contributed by atoms with Gasteiger partial charge in [-0.15, -0.1) is 0 Å². The average molecular weight is 237 g/mol. The minimum Gasteiger partial charge on any atom is -0.399 e. The molecule has 16 heavy (non-hydrogen) atoms. The standard InChI is InChI=1S/C10H11F4NO/c1-6(10(12,13)14)16-5-7-2-3-8(15)4-9(7)11/h2-4,6H,5,15H2,1H3. The van der Waals surface area contributed by atoms with E-state index in [-0.39, 0.29) is 11.3 Å². The molecule has 0 fully saturated rings. The molecule has 0 heterocycles. The van der Waals surface area contributed by atoms with Gasteiger partial charge in [0.2, 0.25) is 0 Å². The van der Waals surface area contributed by atoms with Crippen LogP contribution in [0.5, 0.6) is 0 Å². The van der Waals surface area contributed by atoms with Crippen LogP contribution in [-0.4, -0.2) is 12.3 Å². The second-order valence-electron chi connectivity index (χ2n) is 3.35. The van der Waals surface area contributed by atoms with Crippen molar-refractivity contribution >= 4 is 5.69 Å². The summed E-state index contributed by atoms with van der Waals surface area (Å²) >= 11 is 0. The molecule has 1 aromatic carbocycles. The van der Waals surface area contributed by atoms with Crippen molar-refractivity contribution in [2.45, 2.75) is 25.8 Å². The first kappa shape index (κ1) is 12.8. The van der Waals surface area contributed by atoms with Crippen molar-refractivity contribution in [3.8, 4) is 0 Å². The normalized spacial score (nSPS) is 13.8. The zero-order chi connectivity index (χ0) is 12.3. The molecule has 0 radical (unpaired) electrons. The van der Waals surface area contributed by atoms with Gasteiger partial charge in [-0.3, -0.25) is 0 Å². The van der Waals surface area contributed by atoms with Crippen LogP contribution in [0.3, 0.4) is 0 Å². The van der Waals surface area contributed by atoms with Crippen LogP contribution in [0.25, 0.3) is 0 Å². The van der Waals surface area contributed by atoms with Crippen molar-refractivity contribution in [2.24, 2.45) is 0 Å². The van der Waals surface area contributed by atoms with Crippen LogP contribution >= 0.6 is 0 Å². The molecule has 1 rings (SSSR count). The number of anilines is 1. The van der Waals surface area contributed by atoms with Gasteiger partial charge >= 0.3 is 6.18 Å². The predicted molar refractivity (Wildman–Crippen MR) is 51.1 cm³/mol. The molecule has 2 N–H and O–H groups in total. The number of rotatable bonds is 3. The summed E-state index contributed by atoms with van der Waals surface area (Å²) < 4.78 is 53.9. The second kappa shape index (κ2) is 4.69. The molecule has 0 aliphatic rings. The van der Waals surface area contributed by atoms with E-state index in [1.54, 1.807) is 0 Å². The molecule has 2 nitrogen and oxygen atoms in total. The summed E-state index contributed by atoms with van der Waals surface area (Å²) in [5.41, 5.74) is 5.55. The highest BCUT2D eigenvalue weighted by atomic mass is 19.4. The molecule has 0 amide bonds. The lowest BCUT2D eigenvalue weighted by molar-refractivity contribution is -0.217. The minimum atomic E-state index is -4.44. The summed E-state index contributed by atoms with van der Waals surface area (Å²) in [5, 5.41) is 0. The summed E-state index contributed by atoms with van der Waals surface area (Å²) in [6.07, 6.45) is -6.37. The van der Waals surface area contributed by atoms with E-state index < -0.39 is 24.7 Å². The van der Waals surface area contributed by atoms with Crippen LogP contribution in [-0.2, 0) is 11.3 Å². The molecule has 0 saturated heterocycles. The van der Waals surface area contributed by atoms with Crippen LogP contribution in [0, 0.1) is 5.82 Å². The maximum absolute atomic E-state index is 13.2. The molecule has 1 atom stereocenters. The third-order valence-electron chi connectivity index (χ3n) is 2.03. The minimum absolute atomic E-state index is 0.0466. The van der Waals surface area contributed by atoms with Gasteiger partial charge in [0.1, 0.15) is 5.82 Å². The lowest BCUT2D eigenvalue weighted by Gasteiger charge is -2.16. The highest BCUT2D eigenvalue weighted by Gasteiger charge is 2.36. The smallest absolute Gasteiger partial charge is 0.399 e. The van der Waals surface area contributed by atoms with Gasteiger partial charge in [0, 0.05) is 11.3 Å². The summed E-state index contributed by atoms with van der Waals surface area (Å²) in [6, 6.07) is 3.74. The topological polar surface area (TPSA) is 35.2 Å². The van der Waals surface area contributed by atoms with E-state index in [0.717, 1.165) is 13.0 Å². The third kappa shape index (κ3) is 3.37. The molecule has 90 valence electrons. The van der Waals surface area contributed by atoms with Crippen LogP contribution in [0.2, 0.25) is 0 Å². The second-order valence-corrected chi connectivity index (χ2v) is 3.35. The van der Waals surface area contributed by atoms with E-state index in [1.807, 2.05) is 0 Å². The third-order valence-corrected chi connectivity index (χ3v) is 2.03. The number of nitrogens with two attached hydrogens (primary N) is 1. The molecule has 0 saturated carbocycles. The van der Waals surface area contributed by atoms with Crippen LogP contribution < -0.4 is 5.73 Å². The van der Waals surface area contributed by atoms with Crippen molar-refractivity contribution in [2.75, 3.05) is 5.73 Å². The Bertz CT molecular complexity index is 364. The first-order valence-corrected chi connectivity index (χ1v) is 4.53. The van der Waals surface area contributed by atoms with Gasteiger partial charge in [0.25, 0.3) is 0 Å². The van der Waals surface area contributed by atoms with Gasteiger partial charge in [-0.25, -0.2) is 4.39 Å². The Hall–Kier alpha value is -1.30. The number of hydrogen-bond acceptors (Lipinski definition) is 2. The Morgan fingerprint density at radius 2 is 2.00 bits per heavy atom. The zero-order valence-corrected chi connectivity index (χ0v) is 8.51. The number of halogens is 4. The number of alkyl halides is 3. The summed E-state index contributed by atoms with van der Waals surface area (Å²) in [4.78, 5) is 0. The number of ether oxygens (including phenoxy) is 1. The fraction of sp³-hybridized carbons (Fsp3) is 0.400. The lowest BCUT2D eigenvalue weighted by atomic mass is 10.2. The van der Waals surface area contributed by atoms with Crippen LogP contribution in [0.4, 0.5) is 23.2 Å². The van der Waals surface area contributed by atoms with Crippen LogP contribution in [0.1, 0.15) is 12.5 Å². The van der Waals surface area contributed by atoms with E-state index in [0.29, 0.717) is 0 Å². The van der Waals surface area contributed by atoms with Crippen LogP contribution in [0.15, 0.2) is 18.2 Å². The van der Waals surface area contributed by atoms with Gasteiger partial charge in [-0.05, 0) is 19.1 Å². The summed E-state index contributed by atoms with van der Waals surface area (Å²) in [7, 11) is 0. The zero-order valence-electron chi connectivity index (χ0n) is 8.51. The fourth-order valence-electron chi connectivity index (χ4n) is 0.990. The van der Waals surface area contributed by atoms with Gasteiger partial charge in [0.15, 0.2) is 6.10 Å². The van der Waals surface area contributed by atoms with E-state index in [4.69, 9.17) is 5.73 Å². The van der Waals surface area contributed by atoms with Crippen molar-refractivity contribution in [3.05, 3.63) is 29.6 Å². The Balaban J connectivity index is 2.62. The number of benzene rings is 1. The van der Waals surface area contributed by atoms with Crippen molar-refractivity contribution in [1.29, 1.82) is 0 Å². The van der Waals surface area contributed by atoms with Crippen molar-refractivity contribution in [3.63, 3.8) is 0 Å². The highest BCUT2D eigenvalue weighted by molar-refractivity contribution is 5.40. The van der Waals surface area contributed by atoms with E-state index >= 15 is 0 Å². The van der Waals surface area contributed by atoms with Gasteiger partial charge < -0.3 is 10.5 Å². The first-order chi connectivity index (χ1) is 7.30. The number of nitrogen functional groups attached to an aromatic ring is 1. The maximum Gasteiger partial charge on any atom is 0.414 e. The Labute approximate surface area is 90.0 Å². The largest absolute Gasteiger partial charge is 0.414 e. The molecular weight excluding hydrogens is 226 g/mol. The molecule has 0 aliphatic carbocycles. The van der Waals surface area contributed by atoms with Crippen molar-refractivity contribution in [1.82, 2.24) is 0 Å². The highest BCUT2D eigenvalue weighted by Crippen LogP contribution is 2.23. The molecular formula is C10H11F4NO. The molecule has 6 heteroatoms. The van der Waals surface area contributed by atoms with Gasteiger partial charge in [0.05, 0.1) is 6.61 Å². The molecule has 0 spiro atoms. The van der Waals surface area contributed by atoms with E-state index in [9.17, 15) is 17.6 Å². The van der Waals surface area contributed by atoms with E-state index in [1.165, 1.54) is 12.1 Å². The summed E-state index contributed by atoms with van der Waals surface area (Å²) in [6.45, 7) is 0.433. The summed E-state index contributed by atoms with van der Waals surface area (Å²) in [5.74, 6) is -0.672. The average Bonchev–Trinajstić information content (AvgIpc) is 2.14. The Morgan fingerprint density at radius 3 is 2.50 bits per heavy atom. The number of hydrogen-bond donors (Lipinski definition) is 1. The van der Waals surface area contributed by atoms with Crippen molar-refractivity contribution < 1.29 is 22.3 Å². The molecule has 0 aliphatic heterocycles. The molecule has 0 aromatic heterocycles. The molecule has 1 unspecified atom stereocenters. The van der Waals surface area contributed by atoms with E-state index in [2.05, 4.69) is 4.74 Å². The maximum atomic E-state index is 13.2. The predicted octanol–water partition coefficient (Wildman–Crippen LogP) is 2.88. The fourth-order valence-corrected chi connectivity index (χ4v) is 0.990. The first-order valence-electron chi connectivity index (χ1n) is 4.53. The molecule has 1 aromatic rings. The molecule has 0 bridgehead atoms. The Morgan fingerprint density at radius 1 is 1.38 bits per heavy atom. The van der Waals surface area contributed by atoms with Gasteiger partial charge in [-0.1, -0.05) is 6.07 Å². The lowest BCUT2D eigenvalue weighted by Crippen LogP contribution is -2.28. The SMILES string of the molecule is CC(OCc1ccc(N)cc1F)C(F)(F)F. The Kier molecular flexibility index (Phi) is 3.74.